The van der Waals surface area contributed by atoms with E-state index in [1.54, 1.807) is 65.8 Å². The predicted molar refractivity (Wildman–Crippen MR) is 362 cm³/mol. The fraction of sp³-hybridized carbons (Fsp3) is 0.614. The minimum Gasteiger partial charge on any atom is -0.502 e. The first-order valence-corrected chi connectivity index (χ1v) is 38.3. The van der Waals surface area contributed by atoms with Crippen LogP contribution < -0.4 is 48.9 Å². The minimum absolute atomic E-state index is 0.0168. The van der Waals surface area contributed by atoms with Gasteiger partial charge in [-0.25, -0.2) is 0 Å². The van der Waals surface area contributed by atoms with Gasteiger partial charge in [0.05, 0.1) is 124 Å². The summed E-state index contributed by atoms with van der Waals surface area (Å²) in [5.74, 6) is -1.86. The number of aromatic hydroxyl groups is 2. The summed E-state index contributed by atoms with van der Waals surface area (Å²) in [6.07, 6.45) is -9.16. The Labute approximate surface area is 605 Å². The number of phenols is 2. The Balaban J connectivity index is 0.000000175. The van der Waals surface area contributed by atoms with Gasteiger partial charge in [-0.15, -0.1) is 0 Å². The number of aldehydes is 1. The van der Waals surface area contributed by atoms with E-state index < -0.39 is 149 Å². The van der Waals surface area contributed by atoms with E-state index in [-0.39, 0.29) is 107 Å². The van der Waals surface area contributed by atoms with Gasteiger partial charge in [0.15, 0.2) is 71.2 Å². The monoisotopic (exact) mass is 1520 g/mol. The number of cyclic esters (lactones) is 2. The number of carbonyl (C=O) groups excluding carboxylic acids is 3. The minimum atomic E-state index is -3.42. The molecule has 6 fully saturated rings. The van der Waals surface area contributed by atoms with Crippen LogP contribution in [0.1, 0.15) is 99.0 Å². The largest absolute Gasteiger partial charge is 0.502 e. The van der Waals surface area contributed by atoms with Gasteiger partial charge in [-0.1, -0.05) is 0 Å². The molecular weight excluding hydrogens is 1430 g/mol. The number of methoxy groups -OCH3 is 4. The molecule has 0 aromatic heterocycles. The quantitative estimate of drug-likeness (QED) is 0.0268. The van der Waals surface area contributed by atoms with Crippen LogP contribution in [-0.4, -0.2) is 226 Å². The number of aliphatic hydroxyl groups is 2. The average molecular weight is 1520 g/mol. The summed E-state index contributed by atoms with van der Waals surface area (Å²) >= 11 is 0. The molecule has 12 unspecified atom stereocenters. The predicted octanol–water partition coefficient (Wildman–Crippen LogP) is 5.96. The van der Waals surface area contributed by atoms with Crippen LogP contribution in [0, 0.1) is 23.7 Å². The molecule has 0 bridgehead atoms. The summed E-state index contributed by atoms with van der Waals surface area (Å²) in [5, 5.41) is 47.4. The highest BCUT2D eigenvalue weighted by atomic mass is 31.2. The smallest absolute Gasteiger partial charge is 0.337 e. The molecule has 8 aliphatic heterocycles. The third-order valence-corrected chi connectivity index (χ3v) is 23.9. The van der Waals surface area contributed by atoms with Gasteiger partial charge in [0.25, 0.3) is 0 Å². The molecule has 33 nitrogen and oxygen atoms in total. The van der Waals surface area contributed by atoms with Gasteiger partial charge in [0, 0.05) is 30.2 Å². The van der Waals surface area contributed by atoms with Crippen LogP contribution in [0.4, 0.5) is 0 Å². The molecular formula is C70H92N2O31P2. The summed E-state index contributed by atoms with van der Waals surface area (Å²) in [7, 11) is -0.749. The van der Waals surface area contributed by atoms with E-state index in [4.69, 9.17) is 109 Å². The highest BCUT2D eigenvalue weighted by Crippen LogP contribution is 2.60. The molecule has 7 N–H and O–H groups in total. The lowest BCUT2D eigenvalue weighted by molar-refractivity contribution is -0.346. The van der Waals surface area contributed by atoms with E-state index >= 15 is 0 Å². The summed E-state index contributed by atoms with van der Waals surface area (Å²) in [4.78, 5) is 37.2. The maximum Gasteiger partial charge on any atom is 0.337 e. The van der Waals surface area contributed by atoms with Crippen LogP contribution in [0.25, 0.3) is 0 Å². The Morgan fingerprint density at radius 3 is 1.33 bits per heavy atom. The Morgan fingerprint density at radius 1 is 0.533 bits per heavy atom. The van der Waals surface area contributed by atoms with Crippen molar-refractivity contribution in [1.29, 1.82) is 0 Å². The van der Waals surface area contributed by atoms with Crippen molar-refractivity contribution in [3.8, 4) is 57.5 Å². The zero-order chi connectivity index (χ0) is 74.8. The Kier molecular flexibility index (Phi) is 24.8. The molecule has 2 aliphatic carbocycles. The standard InChI is InChI=1S/C35H46NO15P.C29H33NO12.C6H13O4P/c1-6-47-52(40,48-7-2)9-8-36-29-31(38)33-26(15-43-17(3)49-33)50-35(29)51-32-20-13-23-22(45-16-46-23)12-19(20)27(28-21(32)14-44-34(28)39)18-10-24(41-4)30(37)25(11-18)42-5;1-11-36-9-20-27(40-11)25(32)23(30)29(41-20)42-26-14-7-17-16(38-10-39-17)6-13(14)21(22-15(26)8-37-28(22)33)12-4-18(34-2)24(31)19(5-12)35-3;1-3-9-11(8,6-5-7)10-4-2/h10-13,17,21,26-29,31-33,35-38H,6-9,14-16H2,1-5H3;4-7,11,15,20-23,25-27,29,31-32H,8-10,30H2,1-3H3;5H,3-4,6H2,1-2H3/t17?,21-,26?,27+,28-,29?,31?,32+,33?,35?;11?,15-,20?,21+,22-,23?,25?,26+,27?,29?;/m00./s1. The Hall–Kier alpha value is -6.69. The number of nitrogens with two attached hydrogens (primary N) is 1. The second-order valence-electron chi connectivity index (χ2n) is 26.0. The molecule has 14 rings (SSSR count). The summed E-state index contributed by atoms with van der Waals surface area (Å²) in [6.45, 7) is 12.1. The number of fused-ring (bicyclic) bond motifs is 8. The van der Waals surface area contributed by atoms with Gasteiger partial charge in [-0.3, -0.25) is 18.7 Å². The lowest BCUT2D eigenvalue weighted by Gasteiger charge is -2.49. The fourth-order valence-electron chi connectivity index (χ4n) is 15.3. The van der Waals surface area contributed by atoms with Crippen LogP contribution in [0.2, 0.25) is 0 Å². The van der Waals surface area contributed by atoms with Crippen molar-refractivity contribution in [2.75, 3.05) is 114 Å². The van der Waals surface area contributed by atoms with Gasteiger partial charge >= 0.3 is 27.1 Å². The van der Waals surface area contributed by atoms with Crippen LogP contribution in [0.15, 0.2) is 48.5 Å². The van der Waals surface area contributed by atoms with Crippen molar-refractivity contribution >= 4 is 33.4 Å². The molecule has 0 radical (unpaired) electrons. The van der Waals surface area contributed by atoms with Crippen LogP contribution >= 0.6 is 15.2 Å². The first-order valence-electron chi connectivity index (χ1n) is 34.9. The number of hydrogen-bond acceptors (Lipinski definition) is 33. The molecule has 0 spiro atoms. The van der Waals surface area contributed by atoms with E-state index in [1.807, 2.05) is 24.3 Å². The first-order chi connectivity index (χ1) is 50.6. The van der Waals surface area contributed by atoms with Gasteiger partial charge in [0.1, 0.15) is 49.1 Å². The molecule has 0 amide bonds. The van der Waals surface area contributed by atoms with Crippen LogP contribution in [0.5, 0.6) is 57.5 Å². The fourth-order valence-corrected chi connectivity index (χ4v) is 18.1. The lowest BCUT2D eigenvalue weighted by atomic mass is 9.66. The normalized spacial score (nSPS) is 31.7. The molecule has 4 aromatic carbocycles. The molecule has 4 aromatic rings. The van der Waals surface area contributed by atoms with Crippen molar-refractivity contribution in [3.63, 3.8) is 0 Å². The number of nitrogens with one attached hydrogen (secondary N) is 1. The first kappa shape index (κ1) is 77.9. The molecule has 20 atom stereocenters. The highest BCUT2D eigenvalue weighted by molar-refractivity contribution is 7.54. The van der Waals surface area contributed by atoms with Gasteiger partial charge < -0.3 is 140 Å². The number of ether oxygens (including phenoxy) is 18. The van der Waals surface area contributed by atoms with E-state index in [0.29, 0.717) is 64.8 Å². The number of esters is 2. The van der Waals surface area contributed by atoms with Crippen LogP contribution in [-0.2, 0) is 89.0 Å². The zero-order valence-corrected chi connectivity index (χ0v) is 61.5. The van der Waals surface area contributed by atoms with Gasteiger partial charge in [0.2, 0.25) is 25.1 Å². The lowest BCUT2D eigenvalue weighted by Crippen LogP contribution is -2.67. The molecule has 35 heteroatoms. The maximum atomic E-state index is 13.7. The molecule has 8 heterocycles. The van der Waals surface area contributed by atoms with E-state index in [0.717, 1.165) is 11.1 Å². The number of phenolic OH excluding ortho intramolecular Hbond substituents is 2. The van der Waals surface area contributed by atoms with Crippen molar-refractivity contribution in [2.45, 2.75) is 139 Å². The third-order valence-electron chi connectivity index (χ3n) is 20.0. The number of carbonyl (C=O) groups is 3. The second kappa shape index (κ2) is 33.4. The molecule has 105 heavy (non-hydrogen) atoms. The molecule has 10 aliphatic rings. The van der Waals surface area contributed by atoms with Crippen molar-refractivity contribution < 1.29 is 147 Å². The number of aliphatic hydroxyl groups excluding tert-OH is 2. The Bertz CT molecular complexity index is 3780. The van der Waals surface area contributed by atoms with E-state index in [9.17, 15) is 43.9 Å². The van der Waals surface area contributed by atoms with Gasteiger partial charge in [-0.05, 0) is 123 Å². The van der Waals surface area contributed by atoms with E-state index in [1.165, 1.54) is 28.4 Å². The third kappa shape index (κ3) is 15.8. The molecule has 0 saturated carbocycles. The van der Waals surface area contributed by atoms with Crippen molar-refractivity contribution in [2.24, 2.45) is 29.4 Å². The van der Waals surface area contributed by atoms with E-state index in [2.05, 4.69) is 5.32 Å². The average Bonchev–Trinajstić information content (AvgIpc) is 1.69. The van der Waals surface area contributed by atoms with Gasteiger partial charge in [-0.2, -0.15) is 0 Å². The topological polar surface area (TPSA) is 407 Å². The van der Waals surface area contributed by atoms with Crippen molar-refractivity contribution in [1.82, 2.24) is 5.32 Å². The molecule has 578 valence electrons. The number of rotatable bonds is 24. The van der Waals surface area contributed by atoms with Crippen molar-refractivity contribution in [3.05, 3.63) is 81.9 Å². The molecule has 6 saturated heterocycles. The summed E-state index contributed by atoms with van der Waals surface area (Å²) < 4.78 is 151. The SMILES string of the molecule is CCOP(=O)(CC=O)OCC.CCOP(=O)(CCNC1C(O[C@@H]2c3cc4c(cc3[C@@H](c3cc(OC)c(O)c(OC)c3)[C@H]3C(=O)OC[C@@H]32)OCO4)OC2COC(C)OC2C1O)OCC.COc1cc([C@@H]2c3cc4c(cc3[C@@H](OC3OC5COC(C)OC5C(O)C3N)[C@H]3COC(=O)[C@H]23)OCO4)cc(OC)c1O. The summed E-state index contributed by atoms with van der Waals surface area (Å²) in [5.41, 5.74) is 10.6. The van der Waals surface area contributed by atoms with Crippen LogP contribution in [0.3, 0.4) is 0 Å². The highest BCUT2D eigenvalue weighted by Gasteiger charge is 2.59. The summed E-state index contributed by atoms with van der Waals surface area (Å²) in [6, 6.07) is 12.2. The Morgan fingerprint density at radius 2 is 0.924 bits per heavy atom. The maximum absolute atomic E-state index is 13.7. The number of benzene rings is 4. The zero-order valence-electron chi connectivity index (χ0n) is 59.7. The number of hydrogen-bond donors (Lipinski definition) is 6. The second-order valence-corrected chi connectivity index (χ2v) is 30.3.